The van der Waals surface area contributed by atoms with Crippen LogP contribution >= 0.6 is 0 Å². The van der Waals surface area contributed by atoms with Crippen molar-refractivity contribution in [1.29, 1.82) is 0 Å². The lowest BCUT2D eigenvalue weighted by Crippen LogP contribution is -2.37. The fourth-order valence-corrected chi connectivity index (χ4v) is 1.17. The van der Waals surface area contributed by atoms with Crippen LogP contribution in [0.2, 0.25) is 0 Å². The summed E-state index contributed by atoms with van der Waals surface area (Å²) in [5.41, 5.74) is 5.53. The zero-order chi connectivity index (χ0) is 13.1. The number of aryl methyl sites for hydroxylation is 1. The Morgan fingerprint density at radius 2 is 2.12 bits per heavy atom. The fraction of sp³-hybridized carbons (Fsp3) is 0.545. The maximum atomic E-state index is 11.2. The molecule has 17 heavy (non-hydrogen) atoms. The van der Waals surface area contributed by atoms with E-state index in [9.17, 15) is 4.79 Å². The van der Waals surface area contributed by atoms with Crippen LogP contribution < -0.4 is 16.4 Å². The molecule has 1 amide bonds. The molecule has 1 aromatic rings. The second-order valence-electron chi connectivity index (χ2n) is 4.57. The molecule has 0 aromatic carbocycles. The van der Waals surface area contributed by atoms with Gasteiger partial charge in [0.05, 0.1) is 5.41 Å². The highest BCUT2D eigenvalue weighted by atomic mass is 16.1. The van der Waals surface area contributed by atoms with Crippen LogP contribution in [-0.2, 0) is 4.79 Å². The molecule has 1 aromatic heterocycles. The Kier molecular flexibility index (Phi) is 3.88. The molecule has 0 unspecified atom stereocenters. The van der Waals surface area contributed by atoms with Gasteiger partial charge in [-0.1, -0.05) is 0 Å². The lowest BCUT2D eigenvalue weighted by atomic mass is 9.93. The van der Waals surface area contributed by atoms with Crippen LogP contribution in [0.5, 0.6) is 0 Å². The number of aromatic nitrogens is 2. The van der Waals surface area contributed by atoms with Gasteiger partial charge in [-0.05, 0) is 20.8 Å². The summed E-state index contributed by atoms with van der Waals surface area (Å²) in [7, 11) is 1.76. The molecule has 4 N–H and O–H groups in total. The van der Waals surface area contributed by atoms with Gasteiger partial charge in [0.2, 0.25) is 11.9 Å². The second-order valence-corrected chi connectivity index (χ2v) is 4.57. The number of nitrogens with one attached hydrogen (secondary N) is 2. The lowest BCUT2D eigenvalue weighted by molar-refractivity contribution is -0.125. The molecule has 0 bridgehead atoms. The lowest BCUT2D eigenvalue weighted by Gasteiger charge is -2.21. The maximum Gasteiger partial charge on any atom is 0.224 e. The number of amides is 1. The summed E-state index contributed by atoms with van der Waals surface area (Å²) in [6, 6.07) is 1.82. The molecule has 6 nitrogen and oxygen atoms in total. The fourth-order valence-electron chi connectivity index (χ4n) is 1.17. The minimum absolute atomic E-state index is 0.343. The number of nitrogens with zero attached hydrogens (tertiary/aromatic N) is 2. The number of primary amides is 1. The first-order valence-corrected chi connectivity index (χ1v) is 5.42. The number of anilines is 2. The van der Waals surface area contributed by atoms with E-state index in [0.29, 0.717) is 18.3 Å². The summed E-state index contributed by atoms with van der Waals surface area (Å²) in [5.74, 6) is 0.880. The molecule has 6 heteroatoms. The Hall–Kier alpha value is -1.85. The van der Waals surface area contributed by atoms with Crippen LogP contribution in [0.1, 0.15) is 19.5 Å². The van der Waals surface area contributed by atoms with E-state index in [-0.39, 0.29) is 5.91 Å². The standard InChI is InChI=1S/C11H19N5O/c1-7-5-8(16-10(13-4)15-7)14-6-11(2,3)9(12)17/h5H,6H2,1-4H3,(H2,12,17)(H2,13,14,15,16). The minimum atomic E-state index is -0.612. The molecular formula is C11H19N5O. The normalized spacial score (nSPS) is 11.1. The molecule has 0 atom stereocenters. The molecule has 0 aliphatic heterocycles. The molecule has 0 radical (unpaired) electrons. The largest absolute Gasteiger partial charge is 0.369 e. The highest BCUT2D eigenvalue weighted by Crippen LogP contribution is 2.16. The number of carbonyl (C=O) groups is 1. The van der Waals surface area contributed by atoms with Crippen molar-refractivity contribution < 1.29 is 4.79 Å². The summed E-state index contributed by atoms with van der Waals surface area (Å²) >= 11 is 0. The van der Waals surface area contributed by atoms with Crippen molar-refractivity contribution in [3.8, 4) is 0 Å². The molecule has 0 saturated carbocycles. The van der Waals surface area contributed by atoms with E-state index in [2.05, 4.69) is 20.6 Å². The Balaban J connectivity index is 2.76. The van der Waals surface area contributed by atoms with Crippen molar-refractivity contribution in [2.45, 2.75) is 20.8 Å². The quantitative estimate of drug-likeness (QED) is 0.702. The number of nitrogens with two attached hydrogens (primary N) is 1. The summed E-state index contributed by atoms with van der Waals surface area (Å²) in [6.07, 6.45) is 0. The molecule has 0 spiro atoms. The van der Waals surface area contributed by atoms with Crippen LogP contribution in [0.3, 0.4) is 0 Å². The van der Waals surface area contributed by atoms with E-state index in [1.807, 2.05) is 13.0 Å². The van der Waals surface area contributed by atoms with E-state index in [1.54, 1.807) is 20.9 Å². The summed E-state index contributed by atoms with van der Waals surface area (Å²) < 4.78 is 0. The first kappa shape index (κ1) is 13.2. The predicted octanol–water partition coefficient (Wildman–Crippen LogP) is 0.750. The van der Waals surface area contributed by atoms with Crippen molar-refractivity contribution in [2.24, 2.45) is 11.1 Å². The summed E-state index contributed by atoms with van der Waals surface area (Å²) in [6.45, 7) is 5.89. The van der Waals surface area contributed by atoms with Crippen LogP contribution in [-0.4, -0.2) is 29.5 Å². The van der Waals surface area contributed by atoms with Gasteiger partial charge in [-0.15, -0.1) is 0 Å². The number of rotatable bonds is 5. The minimum Gasteiger partial charge on any atom is -0.369 e. The third-order valence-electron chi connectivity index (χ3n) is 2.46. The molecular weight excluding hydrogens is 218 g/mol. The second kappa shape index (κ2) is 4.99. The van der Waals surface area contributed by atoms with E-state index in [4.69, 9.17) is 5.73 Å². The number of hydrogen-bond donors (Lipinski definition) is 3. The zero-order valence-corrected chi connectivity index (χ0v) is 10.7. The first-order valence-electron chi connectivity index (χ1n) is 5.42. The molecule has 94 valence electrons. The molecule has 0 aliphatic carbocycles. The van der Waals surface area contributed by atoms with Crippen molar-refractivity contribution in [3.63, 3.8) is 0 Å². The third-order valence-corrected chi connectivity index (χ3v) is 2.46. The van der Waals surface area contributed by atoms with Gasteiger partial charge in [0, 0.05) is 25.4 Å². The Labute approximate surface area is 101 Å². The van der Waals surface area contributed by atoms with Crippen molar-refractivity contribution >= 4 is 17.7 Å². The number of carbonyl (C=O) groups excluding carboxylic acids is 1. The van der Waals surface area contributed by atoms with Crippen molar-refractivity contribution in [3.05, 3.63) is 11.8 Å². The van der Waals surface area contributed by atoms with Gasteiger partial charge in [0.15, 0.2) is 0 Å². The molecule has 1 heterocycles. The van der Waals surface area contributed by atoms with E-state index >= 15 is 0 Å². The molecule has 0 fully saturated rings. The highest BCUT2D eigenvalue weighted by Gasteiger charge is 2.24. The predicted molar refractivity (Wildman–Crippen MR) is 67.8 cm³/mol. The van der Waals surface area contributed by atoms with Crippen LogP contribution in [0.4, 0.5) is 11.8 Å². The highest BCUT2D eigenvalue weighted by molar-refractivity contribution is 5.80. The molecule has 1 rings (SSSR count). The van der Waals surface area contributed by atoms with Gasteiger partial charge in [-0.25, -0.2) is 4.98 Å². The maximum absolute atomic E-state index is 11.2. The van der Waals surface area contributed by atoms with Gasteiger partial charge in [-0.3, -0.25) is 4.79 Å². The van der Waals surface area contributed by atoms with Gasteiger partial charge >= 0.3 is 0 Å². The Bertz CT molecular complexity index is 416. The van der Waals surface area contributed by atoms with Crippen molar-refractivity contribution in [2.75, 3.05) is 24.2 Å². The van der Waals surface area contributed by atoms with E-state index in [0.717, 1.165) is 5.69 Å². The van der Waals surface area contributed by atoms with Crippen LogP contribution in [0.25, 0.3) is 0 Å². The smallest absolute Gasteiger partial charge is 0.224 e. The Morgan fingerprint density at radius 3 is 2.65 bits per heavy atom. The summed E-state index contributed by atoms with van der Waals surface area (Å²) in [4.78, 5) is 19.6. The van der Waals surface area contributed by atoms with E-state index < -0.39 is 5.41 Å². The third kappa shape index (κ3) is 3.58. The SMILES string of the molecule is CNc1nc(C)cc(NCC(C)(C)C(N)=O)n1. The van der Waals surface area contributed by atoms with Crippen LogP contribution in [0, 0.1) is 12.3 Å². The average Bonchev–Trinajstić information content (AvgIpc) is 2.25. The first-order chi connectivity index (χ1) is 7.85. The van der Waals surface area contributed by atoms with Gasteiger partial charge in [0.1, 0.15) is 5.82 Å². The van der Waals surface area contributed by atoms with Gasteiger partial charge in [-0.2, -0.15) is 4.98 Å². The zero-order valence-electron chi connectivity index (χ0n) is 10.7. The average molecular weight is 237 g/mol. The topological polar surface area (TPSA) is 92.9 Å². The number of hydrogen-bond acceptors (Lipinski definition) is 5. The molecule has 0 aliphatic rings. The van der Waals surface area contributed by atoms with Gasteiger partial charge < -0.3 is 16.4 Å². The van der Waals surface area contributed by atoms with Gasteiger partial charge in [0.25, 0.3) is 0 Å². The molecule has 0 saturated heterocycles. The van der Waals surface area contributed by atoms with Crippen molar-refractivity contribution in [1.82, 2.24) is 9.97 Å². The Morgan fingerprint density at radius 1 is 1.47 bits per heavy atom. The van der Waals surface area contributed by atoms with E-state index in [1.165, 1.54) is 0 Å². The monoisotopic (exact) mass is 237 g/mol. The summed E-state index contributed by atoms with van der Waals surface area (Å²) in [5, 5.41) is 5.96. The van der Waals surface area contributed by atoms with Crippen LogP contribution in [0.15, 0.2) is 6.07 Å².